The van der Waals surface area contributed by atoms with Crippen LogP contribution in [-0.2, 0) is 4.74 Å². The first-order valence-corrected chi connectivity index (χ1v) is 9.17. The summed E-state index contributed by atoms with van der Waals surface area (Å²) in [4.78, 5) is 11.5. The van der Waals surface area contributed by atoms with Crippen LogP contribution < -0.4 is 9.47 Å². The standard InChI is InChI=1S/C26H20O4/c1-28-24-16-20(17-25(18-24)29-2)11-13-22-7-5-4-6-21(22)12-8-19-9-14-23(15-10-19)26(27)30-3/h4-7,9-10,14-18H,1-3H3. The number of benzene rings is 3. The number of esters is 1. The lowest BCUT2D eigenvalue weighted by molar-refractivity contribution is 0.0600. The average molecular weight is 396 g/mol. The van der Waals surface area contributed by atoms with Crippen molar-refractivity contribution in [2.24, 2.45) is 0 Å². The summed E-state index contributed by atoms with van der Waals surface area (Å²) in [5.74, 6) is 13.6. The van der Waals surface area contributed by atoms with Crippen LogP contribution in [0.3, 0.4) is 0 Å². The third kappa shape index (κ3) is 5.22. The third-order valence-electron chi connectivity index (χ3n) is 4.27. The molecule has 0 N–H and O–H groups in total. The molecule has 0 amide bonds. The molecule has 3 aromatic rings. The number of hydrogen-bond donors (Lipinski definition) is 0. The van der Waals surface area contributed by atoms with Crippen molar-refractivity contribution in [1.29, 1.82) is 0 Å². The summed E-state index contributed by atoms with van der Waals surface area (Å²) >= 11 is 0. The maximum Gasteiger partial charge on any atom is 0.337 e. The minimum atomic E-state index is -0.371. The Morgan fingerprint density at radius 2 is 1.20 bits per heavy atom. The number of carbonyl (C=O) groups is 1. The highest BCUT2D eigenvalue weighted by atomic mass is 16.5. The number of ether oxygens (including phenoxy) is 3. The summed E-state index contributed by atoms with van der Waals surface area (Å²) in [5.41, 5.74) is 3.70. The zero-order valence-electron chi connectivity index (χ0n) is 17.0. The smallest absolute Gasteiger partial charge is 0.337 e. The van der Waals surface area contributed by atoms with Gasteiger partial charge in [-0.25, -0.2) is 4.79 Å². The van der Waals surface area contributed by atoms with Crippen LogP contribution in [0.1, 0.15) is 32.6 Å². The second-order valence-electron chi connectivity index (χ2n) is 6.22. The van der Waals surface area contributed by atoms with Gasteiger partial charge in [-0.3, -0.25) is 0 Å². The Morgan fingerprint density at radius 3 is 1.70 bits per heavy atom. The summed E-state index contributed by atoms with van der Waals surface area (Å²) in [6, 6.07) is 20.2. The maximum atomic E-state index is 11.5. The van der Waals surface area contributed by atoms with Gasteiger partial charge in [-0.2, -0.15) is 0 Å². The van der Waals surface area contributed by atoms with Crippen molar-refractivity contribution in [2.45, 2.75) is 0 Å². The summed E-state index contributed by atoms with van der Waals surface area (Å²) in [6.07, 6.45) is 0. The van der Waals surface area contributed by atoms with Gasteiger partial charge >= 0.3 is 5.97 Å². The third-order valence-corrected chi connectivity index (χ3v) is 4.27. The van der Waals surface area contributed by atoms with E-state index in [4.69, 9.17) is 14.2 Å². The second kappa shape index (κ2) is 9.87. The largest absolute Gasteiger partial charge is 0.497 e. The zero-order chi connectivity index (χ0) is 21.3. The minimum Gasteiger partial charge on any atom is -0.497 e. The molecule has 0 saturated carbocycles. The number of methoxy groups -OCH3 is 3. The fourth-order valence-electron chi connectivity index (χ4n) is 2.67. The molecule has 30 heavy (non-hydrogen) atoms. The Balaban J connectivity index is 1.88. The molecule has 0 saturated heterocycles. The fraction of sp³-hybridized carbons (Fsp3) is 0.115. The van der Waals surface area contributed by atoms with Crippen molar-refractivity contribution in [3.05, 3.63) is 94.5 Å². The van der Waals surface area contributed by atoms with Crippen molar-refractivity contribution in [1.82, 2.24) is 0 Å². The number of rotatable bonds is 3. The van der Waals surface area contributed by atoms with Crippen molar-refractivity contribution in [2.75, 3.05) is 21.3 Å². The van der Waals surface area contributed by atoms with Crippen molar-refractivity contribution in [3.63, 3.8) is 0 Å². The van der Waals surface area contributed by atoms with Gasteiger partial charge in [0.1, 0.15) is 11.5 Å². The van der Waals surface area contributed by atoms with Gasteiger partial charge in [-0.1, -0.05) is 35.8 Å². The van der Waals surface area contributed by atoms with Crippen LogP contribution in [0.15, 0.2) is 66.7 Å². The molecule has 148 valence electrons. The van der Waals surface area contributed by atoms with Crippen LogP contribution >= 0.6 is 0 Å². The molecule has 0 heterocycles. The van der Waals surface area contributed by atoms with Crippen LogP contribution in [0.25, 0.3) is 0 Å². The van der Waals surface area contributed by atoms with Gasteiger partial charge in [0.2, 0.25) is 0 Å². The van der Waals surface area contributed by atoms with E-state index in [0.717, 1.165) is 22.3 Å². The lowest BCUT2D eigenvalue weighted by atomic mass is 10.1. The first-order chi connectivity index (χ1) is 14.6. The summed E-state index contributed by atoms with van der Waals surface area (Å²) in [6.45, 7) is 0. The lowest BCUT2D eigenvalue weighted by Crippen LogP contribution is -2.00. The van der Waals surface area contributed by atoms with Crippen LogP contribution in [0.2, 0.25) is 0 Å². The van der Waals surface area contributed by atoms with Gasteiger partial charge in [0.15, 0.2) is 0 Å². The number of hydrogen-bond acceptors (Lipinski definition) is 4. The van der Waals surface area contributed by atoms with Gasteiger partial charge in [-0.05, 0) is 48.5 Å². The van der Waals surface area contributed by atoms with E-state index in [9.17, 15) is 4.79 Å². The molecule has 0 aliphatic heterocycles. The molecule has 0 spiro atoms. The summed E-state index contributed by atoms with van der Waals surface area (Å²) in [5, 5.41) is 0. The van der Waals surface area contributed by atoms with E-state index in [1.165, 1.54) is 7.11 Å². The second-order valence-corrected chi connectivity index (χ2v) is 6.22. The molecule has 0 unspecified atom stereocenters. The van der Waals surface area contributed by atoms with Crippen molar-refractivity contribution >= 4 is 5.97 Å². The van der Waals surface area contributed by atoms with Gasteiger partial charge in [0, 0.05) is 28.3 Å². The molecule has 0 radical (unpaired) electrons. The zero-order valence-corrected chi connectivity index (χ0v) is 17.0. The monoisotopic (exact) mass is 396 g/mol. The molecule has 3 rings (SSSR count). The van der Waals surface area contributed by atoms with Gasteiger partial charge in [-0.15, -0.1) is 0 Å². The van der Waals surface area contributed by atoms with Crippen molar-refractivity contribution < 1.29 is 19.0 Å². The molecule has 0 aromatic heterocycles. The van der Waals surface area contributed by atoms with Crippen LogP contribution in [-0.4, -0.2) is 27.3 Å². The lowest BCUT2D eigenvalue weighted by Gasteiger charge is -2.04. The van der Waals surface area contributed by atoms with Gasteiger partial charge in [0.05, 0.1) is 26.9 Å². The first kappa shape index (κ1) is 20.6. The average Bonchev–Trinajstić information content (AvgIpc) is 2.81. The highest BCUT2D eigenvalue weighted by Crippen LogP contribution is 2.22. The molecule has 4 heteroatoms. The molecule has 0 fully saturated rings. The molecule has 0 aliphatic rings. The SMILES string of the molecule is COC(=O)c1ccc(C#Cc2ccccc2C#Cc2cc(OC)cc(OC)c2)cc1. The highest BCUT2D eigenvalue weighted by Gasteiger charge is 2.03. The maximum absolute atomic E-state index is 11.5. The van der Waals surface area contributed by atoms with E-state index < -0.39 is 0 Å². The van der Waals surface area contributed by atoms with Gasteiger partial charge in [0.25, 0.3) is 0 Å². The molecular weight excluding hydrogens is 376 g/mol. The van der Waals surface area contributed by atoms with Gasteiger partial charge < -0.3 is 14.2 Å². The van der Waals surface area contributed by atoms with Crippen LogP contribution in [0.5, 0.6) is 11.5 Å². The van der Waals surface area contributed by atoms with Crippen LogP contribution in [0, 0.1) is 23.7 Å². The summed E-state index contributed by atoms with van der Waals surface area (Å²) < 4.78 is 15.3. The Labute approximate surface area is 176 Å². The topological polar surface area (TPSA) is 44.8 Å². The minimum absolute atomic E-state index is 0.371. The van der Waals surface area contributed by atoms with E-state index >= 15 is 0 Å². The Hall–Kier alpha value is -4.15. The highest BCUT2D eigenvalue weighted by molar-refractivity contribution is 5.89. The molecule has 4 nitrogen and oxygen atoms in total. The summed E-state index contributed by atoms with van der Waals surface area (Å²) in [7, 11) is 4.57. The van der Waals surface area contributed by atoms with E-state index in [-0.39, 0.29) is 5.97 Å². The Bertz CT molecular complexity index is 1150. The normalized spacial score (nSPS) is 9.43. The molecule has 0 bridgehead atoms. The molecular formula is C26H20O4. The Kier molecular flexibility index (Phi) is 6.77. The van der Waals surface area contributed by atoms with E-state index in [2.05, 4.69) is 23.7 Å². The molecule has 0 aliphatic carbocycles. The predicted molar refractivity (Wildman–Crippen MR) is 116 cm³/mol. The fourth-order valence-corrected chi connectivity index (χ4v) is 2.67. The quantitative estimate of drug-likeness (QED) is 0.489. The van der Waals surface area contributed by atoms with Crippen molar-refractivity contribution in [3.8, 4) is 35.2 Å². The molecule has 3 aromatic carbocycles. The van der Waals surface area contributed by atoms with E-state index in [1.54, 1.807) is 44.6 Å². The Morgan fingerprint density at radius 1 is 0.667 bits per heavy atom. The van der Waals surface area contributed by atoms with E-state index in [0.29, 0.717) is 17.1 Å². The van der Waals surface area contributed by atoms with Crippen LogP contribution in [0.4, 0.5) is 0 Å². The van der Waals surface area contributed by atoms with E-state index in [1.807, 2.05) is 36.4 Å². The molecule has 0 atom stereocenters. The number of carbonyl (C=O) groups excluding carboxylic acids is 1. The first-order valence-electron chi connectivity index (χ1n) is 9.17. The predicted octanol–water partition coefficient (Wildman–Crippen LogP) is 4.29.